The number of aromatic nitrogens is 2. The van der Waals surface area contributed by atoms with Crippen molar-refractivity contribution in [2.24, 2.45) is 10.3 Å². The summed E-state index contributed by atoms with van der Waals surface area (Å²) in [5.41, 5.74) is -0.237. The average Bonchev–Trinajstić information content (AvgIpc) is 2.63. The van der Waals surface area contributed by atoms with E-state index < -0.39 is 0 Å². The van der Waals surface area contributed by atoms with Gasteiger partial charge in [0.2, 0.25) is 0 Å². The Hall–Kier alpha value is -1.34. The first-order chi connectivity index (χ1) is 6.20. The zero-order chi connectivity index (χ0) is 9.84. The van der Waals surface area contributed by atoms with Crippen LogP contribution in [0.15, 0.2) is 14.9 Å². The third kappa shape index (κ3) is 1.87. The second-order valence-electron chi connectivity index (χ2n) is 1.74. The number of halogens is 2. The Kier molecular flexibility index (Phi) is 3.04. The average molecular weight is 225 g/mol. The predicted molar refractivity (Wildman–Crippen MR) is 42.7 cm³/mol. The smallest absolute Gasteiger partial charge is 0.199 e. The molecule has 7 nitrogen and oxygen atoms in total. The van der Waals surface area contributed by atoms with Crippen LogP contribution in [0.4, 0.5) is 0 Å². The van der Waals surface area contributed by atoms with Crippen LogP contribution in [0.5, 0.6) is 0 Å². The van der Waals surface area contributed by atoms with Crippen LogP contribution in [0, 0.1) is 0 Å². The fourth-order valence-corrected chi connectivity index (χ4v) is 0.802. The minimum absolute atomic E-state index is 0.119. The van der Waals surface area contributed by atoms with Crippen molar-refractivity contribution in [2.75, 3.05) is 0 Å². The van der Waals surface area contributed by atoms with E-state index in [1.165, 1.54) is 0 Å². The highest BCUT2D eigenvalue weighted by Gasteiger charge is 2.19. The Bertz CT molecular complexity index is 328. The van der Waals surface area contributed by atoms with Gasteiger partial charge in [-0.25, -0.2) is 4.63 Å². The van der Waals surface area contributed by atoms with Gasteiger partial charge in [0.25, 0.3) is 0 Å². The molecule has 1 heterocycles. The molecule has 0 atom stereocenters. The molecule has 9 heteroatoms. The number of oxime groups is 2. The Morgan fingerprint density at radius 3 is 1.77 bits per heavy atom. The third-order valence-electron chi connectivity index (χ3n) is 1.05. The molecule has 1 aromatic rings. The SMILES string of the molecule is O/N=C(\Cl)c1nonc1/C(Cl)=N/O. The van der Waals surface area contributed by atoms with Gasteiger partial charge in [-0.15, -0.1) is 0 Å². The molecule has 2 N–H and O–H groups in total. The van der Waals surface area contributed by atoms with E-state index in [9.17, 15) is 0 Å². The zero-order valence-corrected chi connectivity index (χ0v) is 7.36. The Morgan fingerprint density at radius 2 is 1.46 bits per heavy atom. The van der Waals surface area contributed by atoms with Gasteiger partial charge in [0.1, 0.15) is 0 Å². The topological polar surface area (TPSA) is 104 Å². The minimum Gasteiger partial charge on any atom is -0.410 e. The first-order valence-electron chi connectivity index (χ1n) is 2.79. The van der Waals surface area contributed by atoms with Crippen molar-refractivity contribution >= 4 is 33.5 Å². The van der Waals surface area contributed by atoms with Crippen molar-refractivity contribution in [3.63, 3.8) is 0 Å². The van der Waals surface area contributed by atoms with Crippen LogP contribution >= 0.6 is 23.2 Å². The van der Waals surface area contributed by atoms with E-state index in [2.05, 4.69) is 25.3 Å². The van der Waals surface area contributed by atoms with E-state index in [-0.39, 0.29) is 21.7 Å². The van der Waals surface area contributed by atoms with Gasteiger partial charge in [0, 0.05) is 0 Å². The molecule has 1 aromatic heterocycles. The van der Waals surface area contributed by atoms with Crippen LogP contribution in [0.25, 0.3) is 0 Å². The molecular weight excluding hydrogens is 223 g/mol. The summed E-state index contributed by atoms with van der Waals surface area (Å²) in [5.74, 6) is 0. The summed E-state index contributed by atoms with van der Waals surface area (Å²) in [7, 11) is 0. The van der Waals surface area contributed by atoms with E-state index >= 15 is 0 Å². The molecule has 70 valence electrons. The van der Waals surface area contributed by atoms with Crippen molar-refractivity contribution < 1.29 is 15.0 Å². The normalized spacial score (nSPS) is 13.4. The van der Waals surface area contributed by atoms with Crippen LogP contribution < -0.4 is 0 Å². The summed E-state index contributed by atoms with van der Waals surface area (Å²) in [6.45, 7) is 0. The van der Waals surface area contributed by atoms with Gasteiger partial charge < -0.3 is 10.4 Å². The van der Waals surface area contributed by atoms with Crippen molar-refractivity contribution in [1.29, 1.82) is 0 Å². The predicted octanol–water partition coefficient (Wildman–Crippen LogP) is 0.819. The van der Waals surface area contributed by atoms with Crippen molar-refractivity contribution in [3.05, 3.63) is 11.4 Å². The Labute approximate surface area is 81.2 Å². The Balaban J connectivity index is 3.18. The van der Waals surface area contributed by atoms with Crippen LogP contribution in [-0.4, -0.2) is 31.1 Å². The van der Waals surface area contributed by atoms with Crippen LogP contribution in [-0.2, 0) is 0 Å². The van der Waals surface area contributed by atoms with E-state index in [0.29, 0.717) is 0 Å². The van der Waals surface area contributed by atoms with Gasteiger partial charge in [0.05, 0.1) is 0 Å². The number of hydrogen-bond acceptors (Lipinski definition) is 7. The molecule has 0 fully saturated rings. The summed E-state index contributed by atoms with van der Waals surface area (Å²) in [4.78, 5) is 0. The molecule has 1 rings (SSSR count). The molecular formula is C4H2Cl2N4O3. The maximum atomic E-state index is 8.29. The molecule has 0 spiro atoms. The third-order valence-corrected chi connectivity index (χ3v) is 1.56. The second-order valence-corrected chi connectivity index (χ2v) is 2.46. The lowest BCUT2D eigenvalue weighted by Crippen LogP contribution is -2.02. The van der Waals surface area contributed by atoms with Crippen LogP contribution in [0.1, 0.15) is 11.4 Å². The number of rotatable bonds is 2. The highest BCUT2D eigenvalue weighted by atomic mass is 35.5. The summed E-state index contributed by atoms with van der Waals surface area (Å²) in [5, 5.41) is 27.6. The van der Waals surface area contributed by atoms with Crippen molar-refractivity contribution in [2.45, 2.75) is 0 Å². The van der Waals surface area contributed by atoms with Crippen LogP contribution in [0.3, 0.4) is 0 Å². The maximum Gasteiger partial charge on any atom is 0.199 e. The van der Waals surface area contributed by atoms with Crippen molar-refractivity contribution in [3.8, 4) is 0 Å². The zero-order valence-electron chi connectivity index (χ0n) is 5.85. The lowest BCUT2D eigenvalue weighted by molar-refractivity contribution is 0.302. The molecule has 0 unspecified atom stereocenters. The molecule has 0 radical (unpaired) electrons. The first-order valence-corrected chi connectivity index (χ1v) is 3.54. The molecule has 0 saturated heterocycles. The van der Waals surface area contributed by atoms with Crippen molar-refractivity contribution in [1.82, 2.24) is 10.3 Å². The molecule has 0 bridgehead atoms. The standard InChI is InChI=1S/C4H2Cl2N4O3/c5-3(7-11)1-2(4(6)8-12)10-13-9-1/h11-12H/b7-3-,8-4-. The van der Waals surface area contributed by atoms with E-state index in [1.807, 2.05) is 0 Å². The minimum atomic E-state index is -0.377. The second kappa shape index (κ2) is 4.06. The van der Waals surface area contributed by atoms with E-state index in [1.54, 1.807) is 0 Å². The monoisotopic (exact) mass is 224 g/mol. The van der Waals surface area contributed by atoms with Gasteiger partial charge in [0.15, 0.2) is 21.7 Å². The summed E-state index contributed by atoms with van der Waals surface area (Å²) in [6, 6.07) is 0. The molecule has 0 aliphatic carbocycles. The van der Waals surface area contributed by atoms with Gasteiger partial charge in [-0.3, -0.25) is 0 Å². The lowest BCUT2D eigenvalue weighted by atomic mass is 10.3. The summed E-state index contributed by atoms with van der Waals surface area (Å²) in [6.07, 6.45) is 0. The lowest BCUT2D eigenvalue weighted by Gasteiger charge is -1.89. The maximum absolute atomic E-state index is 8.29. The molecule has 0 amide bonds. The molecule has 0 aliphatic rings. The summed E-state index contributed by atoms with van der Waals surface area (Å²) >= 11 is 10.8. The molecule has 0 aromatic carbocycles. The molecule has 0 saturated carbocycles. The summed E-state index contributed by atoms with van der Waals surface area (Å²) < 4.78 is 4.24. The Morgan fingerprint density at radius 1 is 1.08 bits per heavy atom. The highest BCUT2D eigenvalue weighted by Crippen LogP contribution is 2.10. The molecule has 13 heavy (non-hydrogen) atoms. The van der Waals surface area contributed by atoms with Gasteiger partial charge in [-0.2, -0.15) is 0 Å². The fourth-order valence-electron chi connectivity index (χ4n) is 0.554. The quantitative estimate of drug-likeness (QED) is 0.440. The fraction of sp³-hybridized carbons (Fsp3) is 0. The van der Waals surface area contributed by atoms with E-state index in [0.717, 1.165) is 0 Å². The van der Waals surface area contributed by atoms with Gasteiger partial charge in [-0.1, -0.05) is 33.5 Å². The first kappa shape index (κ1) is 9.75. The van der Waals surface area contributed by atoms with Gasteiger partial charge >= 0.3 is 0 Å². The number of hydrogen-bond donors (Lipinski definition) is 2. The van der Waals surface area contributed by atoms with E-state index in [4.69, 9.17) is 33.6 Å². The van der Waals surface area contributed by atoms with Gasteiger partial charge in [-0.05, 0) is 10.3 Å². The highest BCUT2D eigenvalue weighted by molar-refractivity contribution is 6.73. The largest absolute Gasteiger partial charge is 0.410 e. The molecule has 0 aliphatic heterocycles. The number of nitrogens with zero attached hydrogens (tertiary/aromatic N) is 4. The van der Waals surface area contributed by atoms with Crippen LogP contribution in [0.2, 0.25) is 0 Å².